The molecule has 3 saturated heterocycles. The van der Waals surface area contributed by atoms with Gasteiger partial charge in [-0.25, -0.2) is 4.98 Å². The van der Waals surface area contributed by atoms with Gasteiger partial charge in [-0.15, -0.1) is 0 Å². The predicted molar refractivity (Wildman–Crippen MR) is 130 cm³/mol. The first kappa shape index (κ1) is 29.1. The molecule has 0 aliphatic carbocycles. The molecule has 208 valence electrons. The maximum atomic E-state index is 12.4. The van der Waals surface area contributed by atoms with E-state index in [0.29, 0.717) is 25.5 Å². The quantitative estimate of drug-likeness (QED) is 0.508. The standard InChI is InChI=1S/C14H25N3O3.C10H12F3N3O/c1-15-14(20)11-2-8-17(9-3-11)12-4-6-16(7-5-12)10-13(18)19;11-10(12,13)8-4-14-5-9(16-8)15-7-2-1-3-17-6-7/h11-12H,2-10H2,1H3,(H,15,20)(H,18,19);4-5,7H,1-3,6H2,(H,15,16). The van der Waals surface area contributed by atoms with Crippen molar-refractivity contribution in [1.29, 1.82) is 0 Å². The topological polar surface area (TPSA) is 120 Å². The van der Waals surface area contributed by atoms with E-state index in [2.05, 4.69) is 25.5 Å². The molecular weight excluding hydrogens is 493 g/mol. The lowest BCUT2D eigenvalue weighted by Crippen LogP contribution is -2.49. The number of aliphatic carboxylic acids is 1. The fraction of sp³-hybridized carbons (Fsp3) is 0.750. The lowest BCUT2D eigenvalue weighted by Gasteiger charge is -2.41. The summed E-state index contributed by atoms with van der Waals surface area (Å²) in [5.41, 5.74) is -0.987. The van der Waals surface area contributed by atoms with Gasteiger partial charge in [0.25, 0.3) is 0 Å². The Kier molecular flexibility index (Phi) is 10.9. The van der Waals surface area contributed by atoms with Gasteiger partial charge in [-0.3, -0.25) is 19.5 Å². The number of nitrogens with one attached hydrogen (secondary N) is 2. The van der Waals surface area contributed by atoms with Gasteiger partial charge in [0.15, 0.2) is 5.69 Å². The van der Waals surface area contributed by atoms with Crippen molar-refractivity contribution in [3.63, 3.8) is 0 Å². The van der Waals surface area contributed by atoms with Crippen molar-refractivity contribution < 1.29 is 32.6 Å². The molecule has 13 heteroatoms. The SMILES string of the molecule is CNC(=O)C1CCN(C2CCN(CC(=O)O)CC2)CC1.FC(F)(F)c1cncc(NC2CCCOC2)n1. The predicted octanol–water partition coefficient (Wildman–Crippen LogP) is 2.08. The van der Waals surface area contributed by atoms with Gasteiger partial charge in [0.2, 0.25) is 5.91 Å². The Morgan fingerprint density at radius 2 is 1.81 bits per heavy atom. The summed E-state index contributed by atoms with van der Waals surface area (Å²) < 4.78 is 42.4. The van der Waals surface area contributed by atoms with Crippen molar-refractivity contribution in [2.24, 2.45) is 5.92 Å². The molecule has 0 aromatic carbocycles. The van der Waals surface area contributed by atoms with E-state index >= 15 is 0 Å². The number of hydrogen-bond donors (Lipinski definition) is 3. The Labute approximate surface area is 215 Å². The summed E-state index contributed by atoms with van der Waals surface area (Å²) in [5, 5.41) is 14.4. The van der Waals surface area contributed by atoms with Crippen LogP contribution in [0.3, 0.4) is 0 Å². The van der Waals surface area contributed by atoms with Crippen LogP contribution in [0.2, 0.25) is 0 Å². The van der Waals surface area contributed by atoms with Gasteiger partial charge in [0.1, 0.15) is 5.82 Å². The van der Waals surface area contributed by atoms with Gasteiger partial charge in [-0.2, -0.15) is 13.2 Å². The zero-order valence-electron chi connectivity index (χ0n) is 21.2. The van der Waals surface area contributed by atoms with E-state index in [-0.39, 0.29) is 30.2 Å². The Hall–Kier alpha value is -2.51. The third kappa shape index (κ3) is 9.38. The Morgan fingerprint density at radius 3 is 2.38 bits per heavy atom. The maximum absolute atomic E-state index is 12.4. The number of nitrogens with zero attached hydrogens (tertiary/aromatic N) is 4. The number of piperidine rings is 2. The summed E-state index contributed by atoms with van der Waals surface area (Å²) in [4.78, 5) is 33.8. The molecule has 1 aromatic rings. The summed E-state index contributed by atoms with van der Waals surface area (Å²) in [7, 11) is 1.70. The number of hydrogen-bond acceptors (Lipinski definition) is 8. The van der Waals surface area contributed by atoms with E-state index < -0.39 is 17.8 Å². The van der Waals surface area contributed by atoms with Gasteiger partial charge in [0.05, 0.1) is 31.6 Å². The molecule has 10 nitrogen and oxygen atoms in total. The first-order valence-corrected chi connectivity index (χ1v) is 12.8. The van der Waals surface area contributed by atoms with Crippen LogP contribution in [0.5, 0.6) is 0 Å². The number of carboxylic acids is 1. The lowest BCUT2D eigenvalue weighted by molar-refractivity contribution is -0.141. The van der Waals surface area contributed by atoms with Gasteiger partial charge in [-0.05, 0) is 51.6 Å². The van der Waals surface area contributed by atoms with Crippen molar-refractivity contribution in [3.05, 3.63) is 18.1 Å². The molecule has 4 rings (SSSR count). The van der Waals surface area contributed by atoms with E-state index in [0.717, 1.165) is 64.7 Å². The molecule has 3 N–H and O–H groups in total. The molecule has 0 radical (unpaired) electrons. The van der Waals surface area contributed by atoms with Crippen molar-refractivity contribution in [1.82, 2.24) is 25.1 Å². The summed E-state index contributed by atoms with van der Waals surface area (Å²) >= 11 is 0. The number of carbonyl (C=O) groups excluding carboxylic acids is 1. The number of carbonyl (C=O) groups is 2. The number of carboxylic acid groups (broad SMARTS) is 1. The minimum Gasteiger partial charge on any atom is -0.480 e. The van der Waals surface area contributed by atoms with Crippen LogP contribution in [0.25, 0.3) is 0 Å². The second-order valence-corrected chi connectivity index (χ2v) is 9.67. The number of aromatic nitrogens is 2. The smallest absolute Gasteiger partial charge is 0.434 e. The molecule has 1 aromatic heterocycles. The Morgan fingerprint density at radius 1 is 1.11 bits per heavy atom. The van der Waals surface area contributed by atoms with E-state index in [9.17, 15) is 22.8 Å². The van der Waals surface area contributed by atoms with Crippen LogP contribution in [0.1, 0.15) is 44.2 Å². The molecule has 1 atom stereocenters. The highest BCUT2D eigenvalue weighted by Crippen LogP contribution is 2.28. The molecule has 4 heterocycles. The van der Waals surface area contributed by atoms with Crippen LogP contribution in [-0.2, 0) is 20.5 Å². The van der Waals surface area contributed by atoms with Crippen LogP contribution in [0.4, 0.5) is 19.0 Å². The van der Waals surface area contributed by atoms with Crippen molar-refractivity contribution in [2.45, 2.75) is 56.8 Å². The number of halogens is 3. The van der Waals surface area contributed by atoms with Crippen molar-refractivity contribution in [3.8, 4) is 0 Å². The molecule has 0 bridgehead atoms. The highest BCUT2D eigenvalue weighted by atomic mass is 19.4. The Bertz CT molecular complexity index is 868. The molecule has 0 saturated carbocycles. The normalized spacial score (nSPS) is 22.5. The number of ether oxygens (including phenoxy) is 1. The number of alkyl halides is 3. The molecule has 1 unspecified atom stereocenters. The van der Waals surface area contributed by atoms with E-state index in [1.54, 1.807) is 7.05 Å². The third-order valence-electron chi connectivity index (χ3n) is 7.02. The van der Waals surface area contributed by atoms with E-state index in [4.69, 9.17) is 9.84 Å². The second kappa shape index (κ2) is 13.9. The summed E-state index contributed by atoms with van der Waals surface area (Å²) in [6.45, 7) is 5.05. The Balaban J connectivity index is 0.000000208. The summed E-state index contributed by atoms with van der Waals surface area (Å²) in [6, 6.07) is 0.562. The van der Waals surface area contributed by atoms with Crippen LogP contribution >= 0.6 is 0 Å². The van der Waals surface area contributed by atoms with Crippen LogP contribution < -0.4 is 10.6 Å². The number of rotatable bonds is 6. The van der Waals surface area contributed by atoms with Gasteiger partial charge in [-0.1, -0.05) is 0 Å². The average Bonchev–Trinajstić information content (AvgIpc) is 2.89. The fourth-order valence-corrected chi connectivity index (χ4v) is 5.00. The first-order chi connectivity index (χ1) is 17.7. The molecule has 0 spiro atoms. The number of amides is 1. The lowest BCUT2D eigenvalue weighted by atomic mass is 9.93. The molecule has 3 fully saturated rings. The average molecular weight is 531 g/mol. The highest BCUT2D eigenvalue weighted by Gasteiger charge is 2.33. The number of likely N-dealkylation sites (tertiary alicyclic amines) is 2. The first-order valence-electron chi connectivity index (χ1n) is 12.8. The van der Waals surface area contributed by atoms with Gasteiger partial charge in [0, 0.05) is 38.7 Å². The second-order valence-electron chi connectivity index (χ2n) is 9.67. The van der Waals surface area contributed by atoms with E-state index in [1.807, 2.05) is 4.90 Å². The molecular formula is C24H37F3N6O4. The maximum Gasteiger partial charge on any atom is 0.434 e. The van der Waals surface area contributed by atoms with Gasteiger partial charge >= 0.3 is 12.1 Å². The summed E-state index contributed by atoms with van der Waals surface area (Å²) in [6.07, 6.45) is 3.24. The zero-order chi connectivity index (χ0) is 26.8. The van der Waals surface area contributed by atoms with Crippen molar-refractivity contribution >= 4 is 17.7 Å². The minimum atomic E-state index is -4.46. The highest BCUT2D eigenvalue weighted by molar-refractivity contribution is 5.78. The zero-order valence-corrected chi connectivity index (χ0v) is 21.2. The number of anilines is 1. The fourth-order valence-electron chi connectivity index (χ4n) is 5.00. The van der Waals surface area contributed by atoms with Crippen LogP contribution in [0, 0.1) is 5.92 Å². The van der Waals surface area contributed by atoms with E-state index in [1.165, 1.54) is 6.20 Å². The molecule has 3 aliphatic heterocycles. The molecule has 3 aliphatic rings. The monoisotopic (exact) mass is 530 g/mol. The summed E-state index contributed by atoms with van der Waals surface area (Å²) in [5.74, 6) is -0.269. The third-order valence-corrected chi connectivity index (χ3v) is 7.02. The van der Waals surface area contributed by atoms with Crippen LogP contribution in [0.15, 0.2) is 12.4 Å². The molecule has 1 amide bonds. The minimum absolute atomic E-state index is 0.00142. The molecule has 37 heavy (non-hydrogen) atoms. The van der Waals surface area contributed by atoms with Crippen molar-refractivity contribution in [2.75, 3.05) is 58.3 Å². The van der Waals surface area contributed by atoms with Gasteiger partial charge < -0.3 is 25.4 Å². The largest absolute Gasteiger partial charge is 0.480 e. The van der Waals surface area contributed by atoms with Crippen LogP contribution in [-0.4, -0.2) is 102 Å².